The lowest BCUT2D eigenvalue weighted by Gasteiger charge is -2.12. The van der Waals surface area contributed by atoms with Crippen molar-refractivity contribution in [3.63, 3.8) is 0 Å². The fourth-order valence-electron chi connectivity index (χ4n) is 1.73. The van der Waals surface area contributed by atoms with E-state index in [-0.39, 0.29) is 10.6 Å². The third kappa shape index (κ3) is 3.05. The Kier molecular flexibility index (Phi) is 3.89. The highest BCUT2D eigenvalue weighted by molar-refractivity contribution is 7.92. The van der Waals surface area contributed by atoms with Crippen molar-refractivity contribution < 1.29 is 17.2 Å². The lowest BCUT2D eigenvalue weighted by molar-refractivity contribution is 0.584. The molecule has 2 aromatic carbocycles. The van der Waals surface area contributed by atoms with E-state index >= 15 is 0 Å². The Morgan fingerprint density at radius 1 is 1.00 bits per heavy atom. The van der Waals surface area contributed by atoms with Gasteiger partial charge < -0.3 is 5.32 Å². The Bertz CT molecular complexity index is 713. The molecule has 0 heterocycles. The Balaban J connectivity index is 2.41. The molecular weight excluding hydrogens is 286 g/mol. The summed E-state index contributed by atoms with van der Waals surface area (Å²) in [4.78, 5) is -0.00725. The lowest BCUT2D eigenvalue weighted by atomic mass is 10.3. The summed E-state index contributed by atoms with van der Waals surface area (Å²) in [5.41, 5.74) is 0.213. The van der Waals surface area contributed by atoms with Gasteiger partial charge in [-0.2, -0.15) is 0 Å². The van der Waals surface area contributed by atoms with Crippen LogP contribution in [0.25, 0.3) is 0 Å². The summed E-state index contributed by atoms with van der Waals surface area (Å²) in [5.74, 6) is -1.71. The zero-order valence-corrected chi connectivity index (χ0v) is 11.3. The third-order valence-electron chi connectivity index (χ3n) is 2.56. The van der Waals surface area contributed by atoms with E-state index in [0.717, 1.165) is 12.1 Å². The molecule has 2 N–H and O–H groups in total. The van der Waals surface area contributed by atoms with Gasteiger partial charge in [0.2, 0.25) is 0 Å². The molecule has 20 heavy (non-hydrogen) atoms. The fourth-order valence-corrected chi connectivity index (χ4v) is 2.99. The summed E-state index contributed by atoms with van der Waals surface area (Å²) >= 11 is 0. The highest BCUT2D eigenvalue weighted by Crippen LogP contribution is 2.23. The van der Waals surface area contributed by atoms with Crippen LogP contribution >= 0.6 is 0 Å². The van der Waals surface area contributed by atoms with E-state index in [1.54, 1.807) is 25.2 Å². The molecule has 106 valence electrons. The van der Waals surface area contributed by atoms with Crippen LogP contribution in [0.5, 0.6) is 0 Å². The monoisotopic (exact) mass is 298 g/mol. The molecule has 0 aromatic heterocycles. The number of rotatable bonds is 4. The van der Waals surface area contributed by atoms with Crippen LogP contribution in [0.1, 0.15) is 0 Å². The summed E-state index contributed by atoms with van der Waals surface area (Å²) in [5, 5.41) is 2.74. The number of hydrogen-bond acceptors (Lipinski definition) is 3. The van der Waals surface area contributed by atoms with E-state index in [1.165, 1.54) is 6.07 Å². The van der Waals surface area contributed by atoms with Crippen LogP contribution in [0.3, 0.4) is 0 Å². The van der Waals surface area contributed by atoms with E-state index < -0.39 is 21.7 Å². The number of halogens is 2. The zero-order chi connectivity index (χ0) is 14.8. The molecule has 0 aliphatic carbocycles. The minimum Gasteiger partial charge on any atom is -0.387 e. The van der Waals surface area contributed by atoms with Crippen molar-refractivity contribution in [1.82, 2.24) is 0 Å². The Morgan fingerprint density at radius 3 is 2.20 bits per heavy atom. The minimum absolute atomic E-state index is 0.00725. The highest BCUT2D eigenvalue weighted by Gasteiger charge is 2.18. The summed E-state index contributed by atoms with van der Waals surface area (Å²) in [6.07, 6.45) is 0. The van der Waals surface area contributed by atoms with Gasteiger partial charge >= 0.3 is 0 Å². The van der Waals surface area contributed by atoms with Crippen molar-refractivity contribution >= 4 is 21.4 Å². The van der Waals surface area contributed by atoms with Crippen LogP contribution in [0, 0.1) is 11.6 Å². The number of hydrogen-bond donors (Lipinski definition) is 2. The molecule has 7 heteroatoms. The van der Waals surface area contributed by atoms with Gasteiger partial charge in [-0.15, -0.1) is 0 Å². The van der Waals surface area contributed by atoms with Crippen molar-refractivity contribution in [2.75, 3.05) is 17.1 Å². The SMILES string of the molecule is CNc1ccccc1S(=O)(=O)Nc1cc(F)cc(F)c1. The fraction of sp³-hybridized carbons (Fsp3) is 0.0769. The molecule has 0 saturated carbocycles. The van der Waals surface area contributed by atoms with Crippen LogP contribution in [0.2, 0.25) is 0 Å². The number of nitrogens with one attached hydrogen (secondary N) is 2. The van der Waals surface area contributed by atoms with E-state index in [9.17, 15) is 17.2 Å². The molecule has 0 spiro atoms. The van der Waals surface area contributed by atoms with Gasteiger partial charge in [-0.25, -0.2) is 17.2 Å². The molecule has 0 fully saturated rings. The Morgan fingerprint density at radius 2 is 1.60 bits per heavy atom. The first-order chi connectivity index (χ1) is 9.42. The second-order valence-electron chi connectivity index (χ2n) is 4.01. The van der Waals surface area contributed by atoms with E-state index in [0.29, 0.717) is 11.8 Å². The first-order valence-electron chi connectivity index (χ1n) is 5.68. The van der Waals surface area contributed by atoms with Gasteiger partial charge in [0.15, 0.2) is 0 Å². The Labute approximate surface area is 115 Å². The maximum Gasteiger partial charge on any atom is 0.263 e. The van der Waals surface area contributed by atoms with Crippen molar-refractivity contribution in [2.45, 2.75) is 4.90 Å². The zero-order valence-electron chi connectivity index (χ0n) is 10.5. The van der Waals surface area contributed by atoms with Crippen molar-refractivity contribution in [3.8, 4) is 0 Å². The average Bonchev–Trinajstić information content (AvgIpc) is 2.36. The molecule has 2 aromatic rings. The standard InChI is InChI=1S/C13H12F2N2O2S/c1-16-12-4-2-3-5-13(12)20(18,19)17-11-7-9(14)6-10(15)8-11/h2-8,16-17H,1H3. The van der Waals surface area contributed by atoms with Crippen LogP contribution in [0.15, 0.2) is 47.4 Å². The molecule has 0 unspecified atom stereocenters. The third-order valence-corrected chi connectivity index (χ3v) is 4.00. The number of para-hydroxylation sites is 1. The summed E-state index contributed by atoms with van der Waals surface area (Å²) in [6.45, 7) is 0. The van der Waals surface area contributed by atoms with Gasteiger partial charge in [-0.05, 0) is 24.3 Å². The smallest absolute Gasteiger partial charge is 0.263 e. The predicted octanol–water partition coefficient (Wildman–Crippen LogP) is 2.81. The maximum absolute atomic E-state index is 13.1. The van der Waals surface area contributed by atoms with Gasteiger partial charge in [0.05, 0.1) is 11.4 Å². The van der Waals surface area contributed by atoms with Crippen LogP contribution in [0.4, 0.5) is 20.2 Å². The molecule has 0 atom stereocenters. The maximum atomic E-state index is 13.1. The van der Waals surface area contributed by atoms with Gasteiger partial charge in [0, 0.05) is 13.1 Å². The van der Waals surface area contributed by atoms with E-state index in [2.05, 4.69) is 10.0 Å². The molecule has 0 bridgehead atoms. The molecule has 2 rings (SSSR count). The molecule has 0 saturated heterocycles. The average molecular weight is 298 g/mol. The highest BCUT2D eigenvalue weighted by atomic mass is 32.2. The normalized spacial score (nSPS) is 11.2. The summed E-state index contributed by atoms with van der Waals surface area (Å²) in [7, 11) is -2.36. The van der Waals surface area contributed by atoms with Crippen molar-refractivity contribution in [1.29, 1.82) is 0 Å². The van der Waals surface area contributed by atoms with Gasteiger partial charge in [0.25, 0.3) is 10.0 Å². The first-order valence-corrected chi connectivity index (χ1v) is 7.16. The van der Waals surface area contributed by atoms with Crippen LogP contribution in [-0.2, 0) is 10.0 Å². The quantitative estimate of drug-likeness (QED) is 0.912. The van der Waals surface area contributed by atoms with Gasteiger partial charge in [0.1, 0.15) is 16.5 Å². The first kappa shape index (κ1) is 14.3. The molecule has 0 aliphatic heterocycles. The molecular formula is C13H12F2N2O2S. The largest absolute Gasteiger partial charge is 0.387 e. The lowest BCUT2D eigenvalue weighted by Crippen LogP contribution is -2.15. The number of sulfonamides is 1. The molecule has 0 aliphatic rings. The van der Waals surface area contributed by atoms with Gasteiger partial charge in [-0.1, -0.05) is 12.1 Å². The van der Waals surface area contributed by atoms with Crippen LogP contribution < -0.4 is 10.0 Å². The van der Waals surface area contributed by atoms with Crippen molar-refractivity contribution in [3.05, 3.63) is 54.1 Å². The van der Waals surface area contributed by atoms with Crippen molar-refractivity contribution in [2.24, 2.45) is 0 Å². The second-order valence-corrected chi connectivity index (χ2v) is 5.66. The van der Waals surface area contributed by atoms with E-state index in [4.69, 9.17) is 0 Å². The molecule has 0 amide bonds. The second kappa shape index (κ2) is 5.46. The Hall–Kier alpha value is -2.15. The number of benzene rings is 2. The summed E-state index contributed by atoms with van der Waals surface area (Å²) in [6, 6.07) is 8.68. The van der Waals surface area contributed by atoms with Gasteiger partial charge in [-0.3, -0.25) is 4.72 Å². The van der Waals surface area contributed by atoms with E-state index in [1.807, 2.05) is 0 Å². The summed E-state index contributed by atoms with van der Waals surface area (Å²) < 4.78 is 52.7. The number of anilines is 2. The minimum atomic E-state index is -3.94. The van der Waals surface area contributed by atoms with Crippen LogP contribution in [-0.4, -0.2) is 15.5 Å². The predicted molar refractivity (Wildman–Crippen MR) is 73.2 cm³/mol. The molecule has 0 radical (unpaired) electrons. The topological polar surface area (TPSA) is 58.2 Å². The molecule has 4 nitrogen and oxygen atoms in total.